The zero-order chi connectivity index (χ0) is 25.7. The first kappa shape index (κ1) is 25.2. The molecule has 13 heteroatoms. The number of nitrogens with one attached hydrogen (secondary N) is 1. The number of fused-ring (bicyclic) bond motifs is 1. The van der Waals surface area contributed by atoms with Gasteiger partial charge in [0.2, 0.25) is 11.8 Å². The SMILES string of the molecule is COCc1cn([C@H](C)[C@H]2C(=O)N3C(C(=O)O)=C(S[C@@H]4CN[C@H](C(=O)N5CCC(N)C5)C4)[C@H](C)[C@H]23)nn1. The van der Waals surface area contributed by atoms with Crippen LogP contribution in [0.4, 0.5) is 0 Å². The third-order valence-electron chi connectivity index (χ3n) is 7.80. The number of hydrogen-bond acceptors (Lipinski definition) is 9. The van der Waals surface area contributed by atoms with Crippen molar-refractivity contribution in [2.45, 2.75) is 62.7 Å². The quantitative estimate of drug-likeness (QED) is 0.393. The summed E-state index contributed by atoms with van der Waals surface area (Å²) in [5, 5.41) is 21.6. The molecule has 2 amide bonds. The summed E-state index contributed by atoms with van der Waals surface area (Å²) in [4.78, 5) is 42.3. The first-order valence-corrected chi connectivity index (χ1v) is 13.2. The Morgan fingerprint density at radius 3 is 2.86 bits per heavy atom. The number of methoxy groups -OCH3 is 1. The monoisotopic (exact) mass is 519 g/mol. The number of aliphatic carboxylic acids is 1. The van der Waals surface area contributed by atoms with Crippen LogP contribution in [0.1, 0.15) is 38.4 Å². The molecule has 4 aliphatic heterocycles. The number of ether oxygens (including phenoxy) is 1. The van der Waals surface area contributed by atoms with E-state index in [9.17, 15) is 19.5 Å². The van der Waals surface area contributed by atoms with E-state index in [1.165, 1.54) is 16.7 Å². The van der Waals surface area contributed by atoms with Gasteiger partial charge in [0.05, 0.1) is 36.8 Å². The number of hydrogen-bond donors (Lipinski definition) is 3. The zero-order valence-electron chi connectivity index (χ0n) is 20.7. The van der Waals surface area contributed by atoms with Gasteiger partial charge in [-0.1, -0.05) is 12.1 Å². The fourth-order valence-corrected chi connectivity index (χ4v) is 7.42. The van der Waals surface area contributed by atoms with Crippen molar-refractivity contribution in [3.05, 3.63) is 22.5 Å². The topological polar surface area (TPSA) is 156 Å². The summed E-state index contributed by atoms with van der Waals surface area (Å²) in [5.74, 6) is -1.79. The Labute approximate surface area is 213 Å². The van der Waals surface area contributed by atoms with Crippen LogP contribution in [0.2, 0.25) is 0 Å². The van der Waals surface area contributed by atoms with Gasteiger partial charge in [-0.15, -0.1) is 16.9 Å². The van der Waals surface area contributed by atoms with Gasteiger partial charge in [-0.25, -0.2) is 9.48 Å². The van der Waals surface area contributed by atoms with Gasteiger partial charge in [0.15, 0.2) is 0 Å². The van der Waals surface area contributed by atoms with E-state index in [-0.39, 0.29) is 52.8 Å². The maximum absolute atomic E-state index is 13.2. The number of carbonyl (C=O) groups excluding carboxylic acids is 2. The van der Waals surface area contributed by atoms with Gasteiger partial charge in [-0.2, -0.15) is 0 Å². The molecule has 5 rings (SSSR count). The number of amides is 2. The van der Waals surface area contributed by atoms with E-state index in [2.05, 4.69) is 15.6 Å². The molecule has 3 saturated heterocycles. The average Bonchev–Trinajstić information content (AvgIpc) is 3.62. The van der Waals surface area contributed by atoms with Crippen LogP contribution in [-0.2, 0) is 25.7 Å². The molecule has 0 saturated carbocycles. The van der Waals surface area contributed by atoms with E-state index in [4.69, 9.17) is 10.5 Å². The van der Waals surface area contributed by atoms with Gasteiger partial charge in [0, 0.05) is 48.9 Å². The van der Waals surface area contributed by atoms with Crippen molar-refractivity contribution >= 4 is 29.5 Å². The van der Waals surface area contributed by atoms with Gasteiger partial charge >= 0.3 is 5.97 Å². The first-order chi connectivity index (χ1) is 17.2. The molecule has 0 spiro atoms. The number of carboxylic acid groups (broad SMARTS) is 1. The van der Waals surface area contributed by atoms with Crippen molar-refractivity contribution in [1.29, 1.82) is 0 Å². The zero-order valence-corrected chi connectivity index (χ0v) is 21.5. The van der Waals surface area contributed by atoms with Gasteiger partial charge < -0.3 is 30.7 Å². The first-order valence-electron chi connectivity index (χ1n) is 12.4. The number of nitrogens with two attached hydrogens (primary N) is 1. The highest BCUT2D eigenvalue weighted by molar-refractivity contribution is 8.03. The molecular formula is C23H33N7O5S. The molecule has 7 atom stereocenters. The third kappa shape index (κ3) is 4.21. The van der Waals surface area contributed by atoms with E-state index in [0.29, 0.717) is 43.3 Å². The lowest BCUT2D eigenvalue weighted by Gasteiger charge is -2.47. The van der Waals surface area contributed by atoms with Crippen molar-refractivity contribution in [2.75, 3.05) is 26.7 Å². The lowest BCUT2D eigenvalue weighted by atomic mass is 9.78. The maximum atomic E-state index is 13.2. The largest absolute Gasteiger partial charge is 0.477 e. The van der Waals surface area contributed by atoms with Gasteiger partial charge in [0.1, 0.15) is 11.4 Å². The fraction of sp³-hybridized carbons (Fsp3) is 0.696. The van der Waals surface area contributed by atoms with Crippen molar-refractivity contribution in [1.82, 2.24) is 30.1 Å². The van der Waals surface area contributed by atoms with Crippen LogP contribution in [0.15, 0.2) is 16.8 Å². The molecule has 196 valence electrons. The summed E-state index contributed by atoms with van der Waals surface area (Å²) < 4.78 is 6.76. The molecule has 0 aromatic carbocycles. The van der Waals surface area contributed by atoms with Gasteiger partial charge in [-0.3, -0.25) is 9.59 Å². The Hall–Kier alpha value is -2.48. The van der Waals surface area contributed by atoms with Crippen LogP contribution in [-0.4, -0.2) is 97.8 Å². The number of likely N-dealkylation sites (tertiary alicyclic amines) is 1. The maximum Gasteiger partial charge on any atom is 0.353 e. The number of β-lactam (4-membered cyclic amide) rings is 1. The van der Waals surface area contributed by atoms with E-state index in [1.54, 1.807) is 18.0 Å². The lowest BCUT2D eigenvalue weighted by molar-refractivity contribution is -0.159. The third-order valence-corrected chi connectivity index (χ3v) is 9.31. The summed E-state index contributed by atoms with van der Waals surface area (Å²) in [6.07, 6.45) is 3.19. The molecule has 4 N–H and O–H groups in total. The fourth-order valence-electron chi connectivity index (χ4n) is 5.94. The molecule has 36 heavy (non-hydrogen) atoms. The highest BCUT2D eigenvalue weighted by Gasteiger charge is 2.61. The van der Waals surface area contributed by atoms with Crippen LogP contribution in [0.25, 0.3) is 0 Å². The number of rotatable bonds is 8. The number of carbonyl (C=O) groups is 3. The summed E-state index contributed by atoms with van der Waals surface area (Å²) in [6, 6.07) is -0.794. The van der Waals surface area contributed by atoms with Crippen LogP contribution < -0.4 is 11.1 Å². The molecular weight excluding hydrogens is 486 g/mol. The molecule has 3 fully saturated rings. The van der Waals surface area contributed by atoms with Gasteiger partial charge in [0.25, 0.3) is 0 Å². The Bertz CT molecular complexity index is 1090. The summed E-state index contributed by atoms with van der Waals surface area (Å²) in [5.41, 5.74) is 6.70. The lowest BCUT2D eigenvalue weighted by Crippen LogP contribution is -2.62. The highest BCUT2D eigenvalue weighted by Crippen LogP contribution is 2.53. The Balaban J connectivity index is 1.28. The normalized spacial score (nSPS) is 32.7. The molecule has 0 aliphatic carbocycles. The van der Waals surface area contributed by atoms with Crippen LogP contribution in [0.3, 0.4) is 0 Å². The molecule has 0 radical (unpaired) electrons. The van der Waals surface area contributed by atoms with Crippen LogP contribution in [0.5, 0.6) is 0 Å². The highest BCUT2D eigenvalue weighted by atomic mass is 32.2. The van der Waals surface area contributed by atoms with E-state index >= 15 is 0 Å². The molecule has 1 aromatic rings. The number of carboxylic acids is 1. The number of nitrogens with zero attached hydrogens (tertiary/aromatic N) is 5. The van der Waals surface area contributed by atoms with Crippen molar-refractivity contribution in [2.24, 2.45) is 17.6 Å². The predicted molar refractivity (Wildman–Crippen MR) is 130 cm³/mol. The summed E-state index contributed by atoms with van der Waals surface area (Å²) >= 11 is 1.49. The molecule has 0 bridgehead atoms. The minimum Gasteiger partial charge on any atom is -0.477 e. The predicted octanol–water partition coefficient (Wildman–Crippen LogP) is -0.218. The minimum absolute atomic E-state index is 0.0321. The van der Waals surface area contributed by atoms with E-state index in [1.807, 2.05) is 18.7 Å². The van der Waals surface area contributed by atoms with Gasteiger partial charge in [-0.05, 0) is 19.8 Å². The average molecular weight is 520 g/mol. The molecule has 4 aliphatic rings. The van der Waals surface area contributed by atoms with E-state index in [0.717, 1.165) is 6.42 Å². The van der Waals surface area contributed by atoms with Crippen molar-refractivity contribution in [3.8, 4) is 0 Å². The Kier molecular flexibility index (Phi) is 6.83. The Morgan fingerprint density at radius 1 is 1.42 bits per heavy atom. The molecule has 5 heterocycles. The molecule has 12 nitrogen and oxygen atoms in total. The second kappa shape index (κ2) is 9.77. The van der Waals surface area contributed by atoms with Crippen LogP contribution in [0, 0.1) is 11.8 Å². The van der Waals surface area contributed by atoms with E-state index < -0.39 is 11.9 Å². The Morgan fingerprint density at radius 2 is 2.19 bits per heavy atom. The summed E-state index contributed by atoms with van der Waals surface area (Å²) in [7, 11) is 1.58. The smallest absolute Gasteiger partial charge is 0.353 e. The second-order valence-corrected chi connectivity index (χ2v) is 11.5. The molecule has 1 aromatic heterocycles. The number of aromatic nitrogens is 3. The minimum atomic E-state index is -1.10. The standard InChI is InChI=1S/C23H33N7O5S/c1-11-18-17(12(2)29-9-14(10-35-3)26-27-29)22(32)30(18)19(23(33)34)20(11)36-15-6-16(25-7-15)21(31)28-5-4-13(24)8-28/h9,11-13,15-18,25H,4-8,10,24H2,1-3H3,(H,33,34)/t11-,12-,13?,15+,16+,17-,18-/m1/s1. The number of thioether (sulfide) groups is 1. The molecule has 1 unspecified atom stereocenters. The summed E-state index contributed by atoms with van der Waals surface area (Å²) in [6.45, 7) is 6.08. The second-order valence-electron chi connectivity index (χ2n) is 10.2. The van der Waals surface area contributed by atoms with Crippen LogP contribution >= 0.6 is 11.8 Å². The van der Waals surface area contributed by atoms with Crippen molar-refractivity contribution < 1.29 is 24.2 Å². The van der Waals surface area contributed by atoms with Crippen molar-refractivity contribution in [3.63, 3.8) is 0 Å².